The zero-order chi connectivity index (χ0) is 19.7. The van der Waals surface area contributed by atoms with E-state index in [0.29, 0.717) is 13.1 Å². The molecule has 1 amide bonds. The van der Waals surface area contributed by atoms with E-state index in [2.05, 4.69) is 10.5 Å². The van der Waals surface area contributed by atoms with Gasteiger partial charge in [0, 0.05) is 0 Å². The van der Waals surface area contributed by atoms with Crippen LogP contribution >= 0.6 is 11.6 Å². The number of ether oxygens (including phenoxy) is 1. The number of morpholine rings is 1. The lowest BCUT2D eigenvalue weighted by Crippen LogP contribution is -2.50. The third-order valence-electron chi connectivity index (χ3n) is 4.29. The number of hydrogen-bond donors (Lipinski definition) is 2. The number of amides is 1. The van der Waals surface area contributed by atoms with Crippen LogP contribution in [0.15, 0.2) is 22.7 Å². The standard InChI is InChI=1S/C18H20ClFN4O3/c1-9-7-24(8-10(2)26-9)18(21)22-17(25)14-11(3)27-23-16(14)15-12(19)5-4-6-13(15)20/h4-6,9-10H,7-8H2,1-3H3,(H2,21,22,25)/p+1/t9-,10-/m1/s1. The Balaban J connectivity index is 1.94. The molecule has 0 aliphatic carbocycles. The van der Waals surface area contributed by atoms with Crippen LogP contribution in [0.25, 0.3) is 11.3 Å². The normalized spacial score (nSPS) is 19.8. The average molecular weight is 396 g/mol. The Morgan fingerprint density at radius 2 is 2.04 bits per heavy atom. The van der Waals surface area contributed by atoms with Crippen molar-refractivity contribution in [2.45, 2.75) is 33.0 Å². The molecule has 0 saturated carbocycles. The van der Waals surface area contributed by atoms with Crippen LogP contribution < -0.4 is 11.1 Å². The van der Waals surface area contributed by atoms with Crippen molar-refractivity contribution < 1.29 is 23.0 Å². The van der Waals surface area contributed by atoms with Crippen LogP contribution in [0.3, 0.4) is 0 Å². The first-order chi connectivity index (χ1) is 12.8. The Hall–Kier alpha value is -2.45. The summed E-state index contributed by atoms with van der Waals surface area (Å²) in [6.45, 7) is 6.52. The van der Waals surface area contributed by atoms with E-state index in [0.717, 1.165) is 0 Å². The van der Waals surface area contributed by atoms with Gasteiger partial charge < -0.3 is 9.26 Å². The number of nitrogens with two attached hydrogens (primary N) is 1. The summed E-state index contributed by atoms with van der Waals surface area (Å²) >= 11 is 6.10. The van der Waals surface area contributed by atoms with Gasteiger partial charge in [0.05, 0.1) is 35.9 Å². The number of carbonyl (C=O) groups is 1. The number of benzene rings is 1. The number of aromatic nitrogens is 1. The van der Waals surface area contributed by atoms with Gasteiger partial charge in [0.15, 0.2) is 0 Å². The largest absolute Gasteiger partial charge is 0.369 e. The highest BCUT2D eigenvalue weighted by atomic mass is 35.5. The third kappa shape index (κ3) is 3.96. The molecule has 1 fully saturated rings. The quantitative estimate of drug-likeness (QED) is 0.601. The molecule has 2 atom stereocenters. The maximum atomic E-state index is 14.3. The molecule has 144 valence electrons. The molecule has 1 aliphatic rings. The van der Waals surface area contributed by atoms with Crippen molar-refractivity contribution in [3.8, 4) is 11.3 Å². The maximum absolute atomic E-state index is 14.3. The number of carbonyl (C=O) groups excluding carboxylic acids is 1. The molecule has 1 aliphatic heterocycles. The molecule has 3 N–H and O–H groups in total. The Kier molecular flexibility index (Phi) is 5.48. The van der Waals surface area contributed by atoms with E-state index >= 15 is 0 Å². The van der Waals surface area contributed by atoms with Gasteiger partial charge in [0.25, 0.3) is 0 Å². The van der Waals surface area contributed by atoms with E-state index in [1.165, 1.54) is 18.2 Å². The Morgan fingerprint density at radius 3 is 2.67 bits per heavy atom. The van der Waals surface area contributed by atoms with Crippen LogP contribution in [-0.2, 0) is 4.74 Å². The molecule has 2 aromatic rings. The number of rotatable bonds is 2. The van der Waals surface area contributed by atoms with Gasteiger partial charge in [-0.3, -0.25) is 15.1 Å². The Labute approximate surface area is 160 Å². The van der Waals surface area contributed by atoms with Gasteiger partial charge in [-0.1, -0.05) is 22.8 Å². The van der Waals surface area contributed by atoms with E-state index in [1.54, 1.807) is 6.92 Å². The molecule has 2 heterocycles. The van der Waals surface area contributed by atoms with Gasteiger partial charge in [-0.05, 0) is 32.9 Å². The highest BCUT2D eigenvalue weighted by Crippen LogP contribution is 2.33. The van der Waals surface area contributed by atoms with Crippen LogP contribution in [0.4, 0.5) is 4.39 Å². The summed E-state index contributed by atoms with van der Waals surface area (Å²) in [6, 6.07) is 4.23. The second kappa shape index (κ2) is 7.66. The molecule has 1 aromatic carbocycles. The topological polar surface area (TPSA) is 93.4 Å². The third-order valence-corrected chi connectivity index (χ3v) is 4.61. The van der Waals surface area contributed by atoms with Crippen molar-refractivity contribution >= 4 is 23.5 Å². The summed E-state index contributed by atoms with van der Waals surface area (Å²) in [4.78, 5) is 12.8. The predicted molar refractivity (Wildman–Crippen MR) is 98.3 cm³/mol. The molecular weight excluding hydrogens is 375 g/mol. The fourth-order valence-electron chi connectivity index (χ4n) is 3.17. The number of halogens is 2. The lowest BCUT2D eigenvalue weighted by molar-refractivity contribution is -0.568. The van der Waals surface area contributed by atoms with Crippen LogP contribution in [0.5, 0.6) is 0 Å². The molecular formula is C18H21ClFN4O3+. The SMILES string of the molecule is Cc1onc(-c2c(F)cccc2Cl)c1C(=O)NC(N)=[N+]1C[C@@H](C)O[C@H](C)C1. The minimum atomic E-state index is -0.599. The maximum Gasteiger partial charge on any atom is 0.351 e. The van der Waals surface area contributed by atoms with E-state index in [1.807, 2.05) is 18.4 Å². The second-order valence-corrected chi connectivity index (χ2v) is 6.97. The second-order valence-electron chi connectivity index (χ2n) is 6.56. The first-order valence-electron chi connectivity index (χ1n) is 8.52. The minimum Gasteiger partial charge on any atom is -0.369 e. The molecule has 7 nitrogen and oxygen atoms in total. The summed E-state index contributed by atoms with van der Waals surface area (Å²) in [5.41, 5.74) is 6.20. The van der Waals surface area contributed by atoms with Crippen LogP contribution in [-0.4, -0.2) is 46.9 Å². The van der Waals surface area contributed by atoms with E-state index < -0.39 is 11.7 Å². The van der Waals surface area contributed by atoms with Crippen LogP contribution in [0.1, 0.15) is 30.0 Å². The molecule has 3 rings (SSSR count). The van der Waals surface area contributed by atoms with Gasteiger partial charge in [-0.2, -0.15) is 0 Å². The van der Waals surface area contributed by atoms with Crippen molar-refractivity contribution in [2.75, 3.05) is 13.1 Å². The number of nitrogens with zero attached hydrogens (tertiary/aromatic N) is 2. The minimum absolute atomic E-state index is 0.00774. The average Bonchev–Trinajstić information content (AvgIpc) is 2.95. The van der Waals surface area contributed by atoms with E-state index in [-0.39, 0.29) is 45.8 Å². The van der Waals surface area contributed by atoms with Gasteiger partial charge in [0.1, 0.15) is 22.8 Å². The molecule has 1 aromatic heterocycles. The molecule has 0 spiro atoms. The molecule has 0 radical (unpaired) electrons. The summed E-state index contributed by atoms with van der Waals surface area (Å²) in [7, 11) is 0. The van der Waals surface area contributed by atoms with Crippen molar-refractivity contribution in [3.63, 3.8) is 0 Å². The first kappa shape index (κ1) is 19.3. The predicted octanol–water partition coefficient (Wildman–Crippen LogP) is 2.31. The molecule has 0 unspecified atom stereocenters. The molecule has 9 heteroatoms. The van der Waals surface area contributed by atoms with Crippen molar-refractivity contribution in [1.29, 1.82) is 0 Å². The summed E-state index contributed by atoms with van der Waals surface area (Å²) in [5, 5.41) is 6.60. The Morgan fingerprint density at radius 1 is 1.37 bits per heavy atom. The lowest BCUT2D eigenvalue weighted by Gasteiger charge is -2.27. The fraction of sp³-hybridized carbons (Fsp3) is 0.389. The van der Waals surface area contributed by atoms with E-state index in [4.69, 9.17) is 26.6 Å². The number of aryl methyl sites for hydroxylation is 1. The van der Waals surface area contributed by atoms with Gasteiger partial charge >= 0.3 is 11.9 Å². The highest BCUT2D eigenvalue weighted by molar-refractivity contribution is 6.33. The zero-order valence-corrected chi connectivity index (χ0v) is 16.0. The zero-order valence-electron chi connectivity index (χ0n) is 15.3. The van der Waals surface area contributed by atoms with Gasteiger partial charge in [0.2, 0.25) is 0 Å². The molecule has 27 heavy (non-hydrogen) atoms. The monoisotopic (exact) mass is 395 g/mol. The smallest absolute Gasteiger partial charge is 0.351 e. The summed E-state index contributed by atoms with van der Waals surface area (Å²) in [5.74, 6) is -0.725. The van der Waals surface area contributed by atoms with E-state index in [9.17, 15) is 9.18 Å². The Bertz CT molecular complexity index is 880. The van der Waals surface area contributed by atoms with Crippen LogP contribution in [0, 0.1) is 12.7 Å². The van der Waals surface area contributed by atoms with Crippen molar-refractivity contribution in [1.82, 2.24) is 10.5 Å². The number of guanidine groups is 1. The van der Waals surface area contributed by atoms with Gasteiger partial charge in [-0.25, -0.2) is 9.71 Å². The summed E-state index contributed by atoms with van der Waals surface area (Å²) in [6.07, 6.45) is -0.0383. The van der Waals surface area contributed by atoms with Gasteiger partial charge in [-0.15, -0.1) is 0 Å². The molecule has 1 saturated heterocycles. The molecule has 0 bridgehead atoms. The van der Waals surface area contributed by atoms with Crippen molar-refractivity contribution in [3.05, 3.63) is 40.4 Å². The number of hydrogen-bond acceptors (Lipinski definition) is 4. The van der Waals surface area contributed by atoms with Crippen LogP contribution in [0.2, 0.25) is 5.02 Å². The highest BCUT2D eigenvalue weighted by Gasteiger charge is 2.30. The number of nitrogens with one attached hydrogen (secondary N) is 1. The lowest BCUT2D eigenvalue weighted by atomic mass is 10.0. The van der Waals surface area contributed by atoms with Crippen molar-refractivity contribution in [2.24, 2.45) is 5.73 Å². The summed E-state index contributed by atoms with van der Waals surface area (Å²) < 4.78 is 26.9. The fourth-order valence-corrected chi connectivity index (χ4v) is 3.42. The first-order valence-corrected chi connectivity index (χ1v) is 8.90.